The summed E-state index contributed by atoms with van der Waals surface area (Å²) in [6, 6.07) is 17.5. The number of rotatable bonds is 11. The van der Waals surface area contributed by atoms with Crippen LogP contribution in [0.25, 0.3) is 11.3 Å². The molecule has 5 aromatic rings. The first-order valence-electron chi connectivity index (χ1n) is 19.0. The number of fused-ring (bicyclic) bond motifs is 2. The lowest BCUT2D eigenvalue weighted by molar-refractivity contribution is -0.129. The molecule has 14 heteroatoms. The van der Waals surface area contributed by atoms with Crippen LogP contribution in [0.4, 0.5) is 21.0 Å². The van der Waals surface area contributed by atoms with Gasteiger partial charge in [-0.3, -0.25) is 9.20 Å². The van der Waals surface area contributed by atoms with Crippen LogP contribution in [0, 0.1) is 5.82 Å². The number of nitrogens with zero attached hydrogens (tertiary/aromatic N) is 8. The maximum absolute atomic E-state index is 14.9. The fraction of sp³-hybridized carbons (Fsp3) is 0.439. The Morgan fingerprint density at radius 3 is 2.56 bits per heavy atom. The number of ether oxygens (including phenoxy) is 1. The van der Waals surface area contributed by atoms with Gasteiger partial charge in [-0.05, 0) is 107 Å². The van der Waals surface area contributed by atoms with E-state index in [4.69, 9.17) is 14.7 Å². The third-order valence-electron chi connectivity index (χ3n) is 10.5. The van der Waals surface area contributed by atoms with Crippen LogP contribution in [0.3, 0.4) is 0 Å². The molecule has 2 aliphatic rings. The van der Waals surface area contributed by atoms with Crippen molar-refractivity contribution >= 4 is 29.9 Å². The molecule has 2 aromatic carbocycles. The maximum atomic E-state index is 14.9. The van der Waals surface area contributed by atoms with Gasteiger partial charge in [-0.15, -0.1) is 15.3 Å². The number of hydrogen-bond donors (Lipinski definition) is 1. The SMILES string of the molecule is C[C@H]1CCCCN1c1nnc2ccc(O[C@@H]3CC[C@H](NC(=O)N(OC=O)c4cc(C(C)(C)C)nn4-c4ccc(F)c(CCN(C)C)c4)c4ccccc43)cn12. The molecule has 13 nitrogen and oxygen atoms in total. The van der Waals surface area contributed by atoms with Crippen molar-refractivity contribution in [1.82, 2.24) is 34.6 Å². The Morgan fingerprint density at radius 1 is 1.02 bits per heavy atom. The molecule has 0 saturated carbocycles. The minimum atomic E-state index is -0.652. The van der Waals surface area contributed by atoms with Crippen LogP contribution >= 0.6 is 0 Å². The highest BCUT2D eigenvalue weighted by atomic mass is 19.1. The van der Waals surface area contributed by atoms with Crippen molar-refractivity contribution in [3.05, 3.63) is 95.1 Å². The molecule has 55 heavy (non-hydrogen) atoms. The third-order valence-corrected chi connectivity index (χ3v) is 10.5. The first kappa shape index (κ1) is 37.8. The van der Waals surface area contributed by atoms with Crippen molar-refractivity contribution in [1.29, 1.82) is 0 Å². The molecule has 7 rings (SSSR count). The van der Waals surface area contributed by atoms with Crippen LogP contribution in [0.1, 0.15) is 94.3 Å². The van der Waals surface area contributed by atoms with Gasteiger partial charge in [0.05, 0.1) is 23.6 Å². The fourth-order valence-corrected chi connectivity index (χ4v) is 7.46. The molecule has 1 N–H and O–H groups in total. The second-order valence-electron chi connectivity index (χ2n) is 15.8. The van der Waals surface area contributed by atoms with E-state index in [0.717, 1.165) is 47.2 Å². The number of hydrogen-bond acceptors (Lipinski definition) is 9. The highest BCUT2D eigenvalue weighted by molar-refractivity contribution is 5.90. The second kappa shape index (κ2) is 15.7. The first-order valence-corrected chi connectivity index (χ1v) is 19.0. The van der Waals surface area contributed by atoms with Crippen molar-refractivity contribution in [2.75, 3.05) is 37.1 Å². The predicted molar refractivity (Wildman–Crippen MR) is 208 cm³/mol. The number of halogens is 1. The number of carbonyl (C=O) groups excluding carboxylic acids is 2. The van der Waals surface area contributed by atoms with E-state index in [1.807, 2.05) is 86.8 Å². The molecule has 4 heterocycles. The van der Waals surface area contributed by atoms with Gasteiger partial charge in [-0.25, -0.2) is 13.9 Å². The number of anilines is 2. The number of likely N-dealkylation sites (N-methyl/N-ethyl adjacent to an activating group) is 1. The Hall–Kier alpha value is -5.50. The minimum Gasteiger partial charge on any atom is -0.484 e. The lowest BCUT2D eigenvalue weighted by Gasteiger charge is -2.34. The van der Waals surface area contributed by atoms with E-state index in [-0.39, 0.29) is 24.2 Å². The predicted octanol–water partition coefficient (Wildman–Crippen LogP) is 7.09. The van der Waals surface area contributed by atoms with Gasteiger partial charge in [0.2, 0.25) is 5.95 Å². The van der Waals surface area contributed by atoms with E-state index in [1.165, 1.54) is 17.2 Å². The summed E-state index contributed by atoms with van der Waals surface area (Å²) < 4.78 is 25.1. The number of benzene rings is 2. The molecule has 1 aliphatic heterocycles. The summed E-state index contributed by atoms with van der Waals surface area (Å²) in [5.41, 5.74) is 3.88. The summed E-state index contributed by atoms with van der Waals surface area (Å²) in [5.74, 6) is 1.39. The number of nitrogens with one attached hydrogen (secondary N) is 1. The summed E-state index contributed by atoms with van der Waals surface area (Å²) >= 11 is 0. The number of aromatic nitrogens is 5. The zero-order valence-corrected chi connectivity index (χ0v) is 32.4. The lowest BCUT2D eigenvalue weighted by Crippen LogP contribution is -2.43. The monoisotopic (exact) mass is 751 g/mol. The Labute approximate surface area is 321 Å². The van der Waals surface area contributed by atoms with Gasteiger partial charge in [0.15, 0.2) is 11.5 Å². The number of piperidine rings is 1. The summed E-state index contributed by atoms with van der Waals surface area (Å²) in [6.45, 7) is 10.0. The molecule has 2 amide bonds. The Balaban J connectivity index is 1.14. The van der Waals surface area contributed by atoms with Gasteiger partial charge < -0.3 is 24.7 Å². The van der Waals surface area contributed by atoms with E-state index in [9.17, 15) is 14.0 Å². The summed E-state index contributed by atoms with van der Waals surface area (Å²) in [7, 11) is 3.86. The molecule has 3 aromatic heterocycles. The number of amides is 2. The van der Waals surface area contributed by atoms with Crippen LogP contribution in [-0.2, 0) is 21.5 Å². The molecule has 0 bridgehead atoms. The van der Waals surface area contributed by atoms with Gasteiger partial charge >= 0.3 is 12.5 Å². The maximum Gasteiger partial charge on any atom is 0.357 e. The molecular formula is C41H50FN9O4. The first-order chi connectivity index (χ1) is 26.4. The van der Waals surface area contributed by atoms with Crippen molar-refractivity contribution in [2.45, 2.75) is 89.8 Å². The van der Waals surface area contributed by atoms with Gasteiger partial charge in [0.1, 0.15) is 17.7 Å². The zero-order valence-electron chi connectivity index (χ0n) is 32.4. The van der Waals surface area contributed by atoms with E-state index in [2.05, 4.69) is 27.3 Å². The number of carbonyl (C=O) groups is 2. The Kier molecular flexibility index (Phi) is 10.8. The molecule has 0 unspecified atom stereocenters. The van der Waals surface area contributed by atoms with Crippen LogP contribution < -0.4 is 20.0 Å². The molecule has 1 aliphatic carbocycles. The molecule has 0 spiro atoms. The van der Waals surface area contributed by atoms with Crippen LogP contribution in [0.2, 0.25) is 0 Å². The highest BCUT2D eigenvalue weighted by Crippen LogP contribution is 2.39. The van der Waals surface area contributed by atoms with Gasteiger partial charge in [-0.1, -0.05) is 45.0 Å². The zero-order chi connectivity index (χ0) is 38.9. The van der Waals surface area contributed by atoms with E-state index < -0.39 is 17.5 Å². The average molecular weight is 752 g/mol. The van der Waals surface area contributed by atoms with Gasteiger partial charge in [-0.2, -0.15) is 5.10 Å². The third kappa shape index (κ3) is 8.00. The van der Waals surface area contributed by atoms with Gasteiger partial charge in [0, 0.05) is 30.6 Å². The van der Waals surface area contributed by atoms with Crippen molar-refractivity contribution < 1.29 is 23.6 Å². The molecule has 3 atom stereocenters. The highest BCUT2D eigenvalue weighted by Gasteiger charge is 2.34. The van der Waals surface area contributed by atoms with Crippen molar-refractivity contribution in [3.8, 4) is 11.4 Å². The molecule has 1 fully saturated rings. The summed E-state index contributed by atoms with van der Waals surface area (Å²) in [5, 5.41) is 17.8. The average Bonchev–Trinajstić information content (AvgIpc) is 3.80. The normalized spacial score (nSPS) is 18.6. The minimum absolute atomic E-state index is 0.202. The molecule has 1 saturated heterocycles. The number of pyridine rings is 1. The van der Waals surface area contributed by atoms with Gasteiger partial charge in [0.25, 0.3) is 0 Å². The van der Waals surface area contributed by atoms with E-state index in [0.29, 0.717) is 54.5 Å². The number of hydroxylamine groups is 1. The van der Waals surface area contributed by atoms with Crippen LogP contribution in [0.5, 0.6) is 5.75 Å². The van der Waals surface area contributed by atoms with Crippen LogP contribution in [0.15, 0.2) is 66.9 Å². The number of urea groups is 1. The Bertz CT molecular complexity index is 2160. The smallest absolute Gasteiger partial charge is 0.357 e. The standard InChI is InChI=1S/C41H50FN9O4/c1-27-11-9-10-21-48(27)39-45-44-37-19-15-30(25-49(37)39)55-35-18-17-34(31-12-7-8-13-32(31)35)43-40(53)51(54-26-52)38-24-36(41(2,3)4)46-50(38)29-14-16-33(42)28(23-29)20-22-47(5)6/h7-8,12-16,19,23-27,34-35H,9-11,17-18,20-22H2,1-6H3,(H,43,53)/t27-,34-,35+/m0/s1. The summed E-state index contributed by atoms with van der Waals surface area (Å²) in [4.78, 5) is 35.8. The molecular weight excluding hydrogens is 702 g/mol. The van der Waals surface area contributed by atoms with E-state index >= 15 is 0 Å². The largest absolute Gasteiger partial charge is 0.484 e. The van der Waals surface area contributed by atoms with Crippen LogP contribution in [-0.4, -0.2) is 75.0 Å². The Morgan fingerprint density at radius 2 is 1.82 bits per heavy atom. The van der Waals surface area contributed by atoms with Crippen molar-refractivity contribution in [2.24, 2.45) is 0 Å². The van der Waals surface area contributed by atoms with E-state index in [1.54, 1.807) is 18.2 Å². The second-order valence-corrected chi connectivity index (χ2v) is 15.8. The fourth-order valence-electron chi connectivity index (χ4n) is 7.46. The quantitative estimate of drug-likeness (QED) is 0.111. The topological polar surface area (TPSA) is 122 Å². The molecule has 0 radical (unpaired) electrons. The van der Waals surface area contributed by atoms with Crippen molar-refractivity contribution in [3.63, 3.8) is 0 Å². The summed E-state index contributed by atoms with van der Waals surface area (Å²) in [6.07, 6.45) is 6.80. The lowest BCUT2D eigenvalue weighted by atomic mass is 9.85. The molecule has 290 valence electrons.